The van der Waals surface area contributed by atoms with Gasteiger partial charge in [-0.05, 0) is 38.0 Å². The number of amides is 2. The Labute approximate surface area is 177 Å². The van der Waals surface area contributed by atoms with Crippen molar-refractivity contribution in [3.63, 3.8) is 0 Å². The fourth-order valence-corrected chi connectivity index (χ4v) is 4.94. The molecule has 0 saturated carbocycles. The first kappa shape index (κ1) is 22.1. The zero-order valence-electron chi connectivity index (χ0n) is 17.4. The molecule has 164 valence electrons. The van der Waals surface area contributed by atoms with Gasteiger partial charge in [0.1, 0.15) is 11.6 Å². The van der Waals surface area contributed by atoms with Crippen LogP contribution in [0.2, 0.25) is 0 Å². The number of aromatic nitrogens is 2. The Balaban J connectivity index is 1.70. The van der Waals surface area contributed by atoms with E-state index in [-0.39, 0.29) is 4.90 Å². The van der Waals surface area contributed by atoms with Crippen molar-refractivity contribution in [3.05, 3.63) is 36.4 Å². The molecule has 1 aliphatic rings. The summed E-state index contributed by atoms with van der Waals surface area (Å²) >= 11 is 0. The molecule has 0 spiro atoms. The van der Waals surface area contributed by atoms with Crippen molar-refractivity contribution in [2.75, 3.05) is 31.6 Å². The van der Waals surface area contributed by atoms with Crippen LogP contribution in [-0.2, 0) is 23.5 Å². The molecule has 30 heavy (non-hydrogen) atoms. The van der Waals surface area contributed by atoms with Gasteiger partial charge in [-0.3, -0.25) is 0 Å². The van der Waals surface area contributed by atoms with E-state index in [1.165, 1.54) is 16.4 Å². The molecule has 2 amide bonds. The first-order chi connectivity index (χ1) is 14.4. The number of benzene rings is 1. The van der Waals surface area contributed by atoms with Gasteiger partial charge in [-0.1, -0.05) is 6.42 Å². The van der Waals surface area contributed by atoms with Gasteiger partial charge < -0.3 is 19.9 Å². The van der Waals surface area contributed by atoms with E-state index in [0.29, 0.717) is 44.1 Å². The van der Waals surface area contributed by atoms with Crippen molar-refractivity contribution in [3.8, 4) is 5.75 Å². The van der Waals surface area contributed by atoms with Gasteiger partial charge in [0.05, 0.1) is 17.2 Å². The van der Waals surface area contributed by atoms with Crippen molar-refractivity contribution in [1.82, 2.24) is 19.2 Å². The molecule has 2 heterocycles. The predicted molar refractivity (Wildman–Crippen MR) is 114 cm³/mol. The molecule has 0 radical (unpaired) electrons. The van der Waals surface area contributed by atoms with Gasteiger partial charge in [-0.2, -0.15) is 4.31 Å². The molecule has 1 aromatic carbocycles. The molecular weight excluding hydrogens is 406 g/mol. The number of hydrogen-bond donors (Lipinski definition) is 2. The van der Waals surface area contributed by atoms with Crippen molar-refractivity contribution in [2.45, 2.75) is 37.5 Å². The lowest BCUT2D eigenvalue weighted by Crippen LogP contribution is -2.35. The standard InChI is InChI=1S/C20H29N5O4S/c1-3-29-18-8-7-16(30(27,28)25-12-5-4-6-13-25)15-17(18)23-20(26)22-10-9-19-21-11-14-24(19)2/h7-8,11,14-15H,3-6,9-10,12-13H2,1-2H3,(H2,22,23,26). The Morgan fingerprint density at radius 2 is 2.00 bits per heavy atom. The molecule has 0 atom stereocenters. The van der Waals surface area contributed by atoms with Crippen molar-refractivity contribution in [1.29, 1.82) is 0 Å². The van der Waals surface area contributed by atoms with Crippen LogP contribution in [0.25, 0.3) is 0 Å². The third-order valence-electron chi connectivity index (χ3n) is 5.01. The molecule has 1 aromatic heterocycles. The van der Waals surface area contributed by atoms with Gasteiger partial charge in [-0.25, -0.2) is 18.2 Å². The molecule has 0 bridgehead atoms. The summed E-state index contributed by atoms with van der Waals surface area (Å²) in [5, 5.41) is 5.49. The summed E-state index contributed by atoms with van der Waals surface area (Å²) < 4.78 is 34.9. The van der Waals surface area contributed by atoms with Crippen LogP contribution >= 0.6 is 0 Å². The van der Waals surface area contributed by atoms with Crippen molar-refractivity contribution < 1.29 is 17.9 Å². The number of imidazole rings is 1. The summed E-state index contributed by atoms with van der Waals surface area (Å²) in [6.45, 7) is 3.66. The number of nitrogens with one attached hydrogen (secondary N) is 2. The van der Waals surface area contributed by atoms with Crippen molar-refractivity contribution in [2.24, 2.45) is 7.05 Å². The topological polar surface area (TPSA) is 106 Å². The van der Waals surface area contributed by atoms with Gasteiger partial charge >= 0.3 is 6.03 Å². The fraction of sp³-hybridized carbons (Fsp3) is 0.500. The lowest BCUT2D eigenvalue weighted by Gasteiger charge is -2.26. The van der Waals surface area contributed by atoms with Gasteiger partial charge in [-0.15, -0.1) is 0 Å². The van der Waals surface area contributed by atoms with Crippen molar-refractivity contribution >= 4 is 21.7 Å². The predicted octanol–water partition coefficient (Wildman–Crippen LogP) is 2.36. The lowest BCUT2D eigenvalue weighted by atomic mass is 10.2. The van der Waals surface area contributed by atoms with Crippen LogP contribution in [0, 0.1) is 0 Å². The second-order valence-corrected chi connectivity index (χ2v) is 9.08. The molecule has 1 aliphatic heterocycles. The summed E-state index contributed by atoms with van der Waals surface area (Å²) in [6, 6.07) is 4.15. The third kappa shape index (κ3) is 5.31. The molecular formula is C20H29N5O4S. The highest BCUT2D eigenvalue weighted by Gasteiger charge is 2.27. The molecule has 2 N–H and O–H groups in total. The number of ether oxygens (including phenoxy) is 1. The van der Waals surface area contributed by atoms with E-state index in [2.05, 4.69) is 15.6 Å². The number of carbonyl (C=O) groups excluding carboxylic acids is 1. The van der Waals surface area contributed by atoms with E-state index >= 15 is 0 Å². The summed E-state index contributed by atoms with van der Waals surface area (Å²) in [6.07, 6.45) is 6.90. The Kier molecular flexibility index (Phi) is 7.33. The summed E-state index contributed by atoms with van der Waals surface area (Å²) in [5.74, 6) is 1.29. The highest BCUT2D eigenvalue weighted by molar-refractivity contribution is 7.89. The molecule has 0 aliphatic carbocycles. The van der Waals surface area contributed by atoms with Gasteiger partial charge in [0.25, 0.3) is 0 Å². The number of anilines is 1. The molecule has 1 fully saturated rings. The average molecular weight is 436 g/mol. The molecule has 2 aromatic rings. The van der Waals surface area contributed by atoms with Gasteiger partial charge in [0.2, 0.25) is 10.0 Å². The number of nitrogens with zero attached hydrogens (tertiary/aromatic N) is 3. The van der Waals surface area contributed by atoms with Crippen LogP contribution in [0.5, 0.6) is 5.75 Å². The summed E-state index contributed by atoms with van der Waals surface area (Å²) in [4.78, 5) is 16.7. The Hall–Kier alpha value is -2.59. The van der Waals surface area contributed by atoms with E-state index in [1.807, 2.05) is 24.7 Å². The monoisotopic (exact) mass is 435 g/mol. The zero-order chi connectivity index (χ0) is 21.6. The second kappa shape index (κ2) is 9.94. The molecule has 10 heteroatoms. The minimum Gasteiger partial charge on any atom is -0.492 e. The molecule has 0 unspecified atom stereocenters. The fourth-order valence-electron chi connectivity index (χ4n) is 3.39. The first-order valence-electron chi connectivity index (χ1n) is 10.2. The van der Waals surface area contributed by atoms with Crippen LogP contribution in [0.1, 0.15) is 32.0 Å². The van der Waals surface area contributed by atoms with E-state index in [1.54, 1.807) is 12.3 Å². The second-order valence-electron chi connectivity index (χ2n) is 7.14. The maximum atomic E-state index is 13.0. The largest absolute Gasteiger partial charge is 0.492 e. The maximum Gasteiger partial charge on any atom is 0.319 e. The molecule has 3 rings (SSSR count). The Bertz CT molecular complexity index is 967. The summed E-state index contributed by atoms with van der Waals surface area (Å²) in [7, 11) is -1.71. The quantitative estimate of drug-likeness (QED) is 0.662. The van der Waals surface area contributed by atoms with Crippen LogP contribution in [0.15, 0.2) is 35.5 Å². The number of rotatable bonds is 8. The zero-order valence-corrected chi connectivity index (χ0v) is 18.2. The van der Waals surface area contributed by atoms with Crippen LogP contribution in [0.3, 0.4) is 0 Å². The number of aryl methyl sites for hydroxylation is 1. The maximum absolute atomic E-state index is 13.0. The van der Waals surface area contributed by atoms with Crippen LogP contribution in [-0.4, -0.2) is 54.5 Å². The van der Waals surface area contributed by atoms with Gasteiger partial charge in [0.15, 0.2) is 0 Å². The minimum absolute atomic E-state index is 0.149. The highest BCUT2D eigenvalue weighted by Crippen LogP contribution is 2.30. The Morgan fingerprint density at radius 1 is 1.23 bits per heavy atom. The number of hydrogen-bond acceptors (Lipinski definition) is 5. The minimum atomic E-state index is -3.61. The van der Waals surface area contributed by atoms with E-state index in [4.69, 9.17) is 4.74 Å². The highest BCUT2D eigenvalue weighted by atomic mass is 32.2. The normalized spacial score (nSPS) is 15.0. The first-order valence-corrected chi connectivity index (χ1v) is 11.6. The van der Waals surface area contributed by atoms with Gasteiger partial charge in [0, 0.05) is 45.5 Å². The average Bonchev–Trinajstić information content (AvgIpc) is 3.15. The number of urea groups is 1. The summed E-state index contributed by atoms with van der Waals surface area (Å²) in [5.41, 5.74) is 0.324. The van der Waals surface area contributed by atoms with E-state index in [0.717, 1.165) is 25.1 Å². The molecule has 9 nitrogen and oxygen atoms in total. The van der Waals surface area contributed by atoms with E-state index < -0.39 is 16.1 Å². The lowest BCUT2D eigenvalue weighted by molar-refractivity contribution is 0.252. The van der Waals surface area contributed by atoms with Crippen LogP contribution < -0.4 is 15.4 Å². The number of carbonyl (C=O) groups is 1. The smallest absolute Gasteiger partial charge is 0.319 e. The number of sulfonamides is 1. The SMILES string of the molecule is CCOc1ccc(S(=O)(=O)N2CCCCC2)cc1NC(=O)NCCc1nccn1C. The third-order valence-corrected chi connectivity index (χ3v) is 6.90. The molecule has 1 saturated heterocycles. The van der Waals surface area contributed by atoms with Crippen LogP contribution in [0.4, 0.5) is 10.5 Å². The Morgan fingerprint density at radius 3 is 2.67 bits per heavy atom. The van der Waals surface area contributed by atoms with E-state index in [9.17, 15) is 13.2 Å². The number of piperidine rings is 1.